The molecule has 1 aliphatic rings. The van der Waals surface area contributed by atoms with Crippen molar-refractivity contribution in [3.63, 3.8) is 0 Å². The Kier molecular flexibility index (Phi) is 2.08. The first-order valence-corrected chi connectivity index (χ1v) is 3.89. The predicted octanol–water partition coefficient (Wildman–Crippen LogP) is 2.01. The molecule has 0 aromatic heterocycles. The second kappa shape index (κ2) is 3.23. The maximum atomic E-state index is 5.30. The number of hydrogen-bond acceptors (Lipinski definition) is 3. The Balaban J connectivity index is 2.11. The second-order valence-corrected chi connectivity index (χ2v) is 2.64. The van der Waals surface area contributed by atoms with Crippen LogP contribution in [0.2, 0.25) is 0 Å². The van der Waals surface area contributed by atoms with Crippen LogP contribution in [0.4, 0.5) is 0 Å². The molecule has 1 saturated heterocycles. The quantitative estimate of drug-likeness (QED) is 0.597. The normalized spacial score (nSPS) is 29.1. The van der Waals surface area contributed by atoms with Crippen molar-refractivity contribution in [2.75, 3.05) is 0 Å². The number of ether oxygens (including phenoxy) is 1. The fraction of sp³-hybridized carbons (Fsp3) is 0.333. The van der Waals surface area contributed by atoms with E-state index >= 15 is 0 Å². The summed E-state index contributed by atoms with van der Waals surface area (Å²) in [6.45, 7) is 1.79. The Morgan fingerprint density at radius 3 is 2.42 bits per heavy atom. The molecule has 1 aliphatic heterocycles. The summed E-state index contributed by atoms with van der Waals surface area (Å²) >= 11 is 0. The van der Waals surface area contributed by atoms with E-state index in [9.17, 15) is 0 Å². The predicted molar refractivity (Wildman–Crippen MR) is 41.9 cm³/mol. The summed E-state index contributed by atoms with van der Waals surface area (Å²) < 4.78 is 5.30. The molecule has 0 bridgehead atoms. The van der Waals surface area contributed by atoms with Gasteiger partial charge in [-0.25, -0.2) is 4.89 Å². The van der Waals surface area contributed by atoms with Gasteiger partial charge in [-0.3, -0.25) is 0 Å². The van der Waals surface area contributed by atoms with E-state index in [0.717, 1.165) is 5.56 Å². The van der Waals surface area contributed by atoms with Crippen molar-refractivity contribution in [3.8, 4) is 0 Å². The van der Waals surface area contributed by atoms with E-state index in [-0.39, 0.29) is 12.6 Å². The second-order valence-electron chi connectivity index (χ2n) is 2.64. The Hall–Kier alpha value is -0.900. The molecule has 0 amide bonds. The van der Waals surface area contributed by atoms with Crippen molar-refractivity contribution in [2.24, 2.45) is 0 Å². The minimum Gasteiger partial charge on any atom is -0.314 e. The van der Waals surface area contributed by atoms with Gasteiger partial charge in [-0.2, -0.15) is 4.89 Å². The summed E-state index contributed by atoms with van der Waals surface area (Å²) in [6.07, 6.45) is -0.656. The van der Waals surface area contributed by atoms with Crippen LogP contribution in [0.25, 0.3) is 0 Å². The van der Waals surface area contributed by atoms with E-state index in [4.69, 9.17) is 14.5 Å². The van der Waals surface area contributed by atoms with Gasteiger partial charge in [0.05, 0.1) is 0 Å². The number of benzene rings is 1. The first-order valence-electron chi connectivity index (χ1n) is 3.89. The lowest BCUT2D eigenvalue weighted by Crippen LogP contribution is -2.01. The molecule has 1 heterocycles. The molecule has 0 saturated carbocycles. The Morgan fingerprint density at radius 1 is 1.08 bits per heavy atom. The molecule has 3 heteroatoms. The van der Waals surface area contributed by atoms with Gasteiger partial charge in [-0.15, -0.1) is 0 Å². The van der Waals surface area contributed by atoms with E-state index in [1.165, 1.54) is 0 Å². The first-order chi connectivity index (χ1) is 5.86. The zero-order valence-electron chi connectivity index (χ0n) is 6.77. The number of hydrogen-bond donors (Lipinski definition) is 0. The lowest BCUT2D eigenvalue weighted by molar-refractivity contribution is -0.295. The molecule has 0 radical (unpaired) electrons. The third-order valence-electron chi connectivity index (χ3n) is 1.67. The molecular formula is C9H10O3. The molecular weight excluding hydrogens is 156 g/mol. The summed E-state index contributed by atoms with van der Waals surface area (Å²) in [5.41, 5.74) is 0.974. The van der Waals surface area contributed by atoms with Crippen LogP contribution in [-0.2, 0) is 14.5 Å². The van der Waals surface area contributed by atoms with Crippen LogP contribution in [-0.4, -0.2) is 6.29 Å². The molecule has 1 fully saturated rings. The smallest absolute Gasteiger partial charge is 0.220 e. The lowest BCUT2D eigenvalue weighted by atomic mass is 10.2. The third-order valence-corrected chi connectivity index (χ3v) is 1.67. The van der Waals surface area contributed by atoms with E-state index in [1.54, 1.807) is 6.92 Å². The molecule has 0 aliphatic carbocycles. The SMILES string of the molecule is CC1OOC(c2ccccc2)O1. The van der Waals surface area contributed by atoms with Crippen molar-refractivity contribution >= 4 is 0 Å². The molecule has 2 atom stereocenters. The summed E-state index contributed by atoms with van der Waals surface area (Å²) in [7, 11) is 0. The third kappa shape index (κ3) is 1.48. The summed E-state index contributed by atoms with van der Waals surface area (Å²) in [5, 5.41) is 0. The lowest BCUT2D eigenvalue weighted by Gasteiger charge is -2.05. The van der Waals surface area contributed by atoms with Crippen LogP contribution in [0.1, 0.15) is 18.8 Å². The Morgan fingerprint density at radius 2 is 1.83 bits per heavy atom. The molecule has 64 valence electrons. The van der Waals surface area contributed by atoms with E-state index in [1.807, 2.05) is 30.3 Å². The molecule has 1 aromatic carbocycles. The highest BCUT2D eigenvalue weighted by molar-refractivity contribution is 5.15. The summed E-state index contributed by atoms with van der Waals surface area (Å²) in [5.74, 6) is 0. The minimum atomic E-state index is -0.374. The minimum absolute atomic E-state index is 0.282. The first kappa shape index (κ1) is 7.73. The molecule has 12 heavy (non-hydrogen) atoms. The Bertz CT molecular complexity index is 247. The fourth-order valence-electron chi connectivity index (χ4n) is 1.09. The fourth-order valence-corrected chi connectivity index (χ4v) is 1.09. The number of rotatable bonds is 1. The van der Waals surface area contributed by atoms with Crippen molar-refractivity contribution in [1.29, 1.82) is 0 Å². The zero-order chi connectivity index (χ0) is 8.39. The summed E-state index contributed by atoms with van der Waals surface area (Å²) in [6, 6.07) is 9.69. The highest BCUT2D eigenvalue weighted by Crippen LogP contribution is 2.26. The van der Waals surface area contributed by atoms with Gasteiger partial charge >= 0.3 is 0 Å². The van der Waals surface area contributed by atoms with Crippen LogP contribution in [0, 0.1) is 0 Å². The maximum absolute atomic E-state index is 5.30. The van der Waals surface area contributed by atoms with Crippen LogP contribution < -0.4 is 0 Å². The van der Waals surface area contributed by atoms with Crippen LogP contribution >= 0.6 is 0 Å². The van der Waals surface area contributed by atoms with Gasteiger partial charge in [0.2, 0.25) is 6.29 Å². The monoisotopic (exact) mass is 166 g/mol. The maximum Gasteiger partial charge on any atom is 0.220 e. The average molecular weight is 166 g/mol. The van der Waals surface area contributed by atoms with Gasteiger partial charge in [0.15, 0.2) is 6.29 Å². The Labute approximate surface area is 70.8 Å². The highest BCUT2D eigenvalue weighted by Gasteiger charge is 2.25. The van der Waals surface area contributed by atoms with Crippen LogP contribution in [0.15, 0.2) is 30.3 Å². The largest absolute Gasteiger partial charge is 0.314 e. The van der Waals surface area contributed by atoms with E-state index in [0.29, 0.717) is 0 Å². The van der Waals surface area contributed by atoms with Gasteiger partial charge in [0, 0.05) is 5.56 Å². The van der Waals surface area contributed by atoms with Crippen molar-refractivity contribution in [3.05, 3.63) is 35.9 Å². The van der Waals surface area contributed by atoms with Gasteiger partial charge in [-0.05, 0) is 6.92 Å². The van der Waals surface area contributed by atoms with Gasteiger partial charge in [-0.1, -0.05) is 30.3 Å². The topological polar surface area (TPSA) is 27.7 Å². The van der Waals surface area contributed by atoms with E-state index in [2.05, 4.69) is 0 Å². The molecule has 3 nitrogen and oxygen atoms in total. The zero-order valence-corrected chi connectivity index (χ0v) is 6.77. The van der Waals surface area contributed by atoms with Crippen molar-refractivity contribution in [1.82, 2.24) is 0 Å². The van der Waals surface area contributed by atoms with Crippen LogP contribution in [0.3, 0.4) is 0 Å². The van der Waals surface area contributed by atoms with Gasteiger partial charge in [0.1, 0.15) is 0 Å². The molecule has 2 rings (SSSR count). The van der Waals surface area contributed by atoms with E-state index < -0.39 is 0 Å². The van der Waals surface area contributed by atoms with Crippen molar-refractivity contribution in [2.45, 2.75) is 19.5 Å². The van der Waals surface area contributed by atoms with Crippen LogP contribution in [0.5, 0.6) is 0 Å². The summed E-state index contributed by atoms with van der Waals surface area (Å²) in [4.78, 5) is 9.73. The average Bonchev–Trinajstić information content (AvgIpc) is 2.54. The van der Waals surface area contributed by atoms with Gasteiger partial charge < -0.3 is 4.74 Å². The molecule has 0 N–H and O–H groups in total. The molecule has 1 aromatic rings. The highest BCUT2D eigenvalue weighted by atomic mass is 17.3. The molecule has 2 unspecified atom stereocenters. The molecule has 0 spiro atoms. The standard InChI is InChI=1S/C9H10O3/c1-7-10-9(12-11-7)8-5-3-2-4-6-8/h2-7,9H,1H3. The van der Waals surface area contributed by atoms with Gasteiger partial charge in [0.25, 0.3) is 0 Å². The van der Waals surface area contributed by atoms with Crippen molar-refractivity contribution < 1.29 is 14.5 Å².